The van der Waals surface area contributed by atoms with Crippen LogP contribution in [-0.4, -0.2) is 30.4 Å². The van der Waals surface area contributed by atoms with E-state index in [9.17, 15) is 19.2 Å². The normalized spacial score (nSPS) is 14.5. The second-order valence-corrected chi connectivity index (χ2v) is 9.04. The van der Waals surface area contributed by atoms with Crippen LogP contribution in [0.25, 0.3) is 6.08 Å². The third kappa shape index (κ3) is 5.82. The number of carbonyl (C=O) groups excluding carboxylic acids is 4. The zero-order valence-corrected chi connectivity index (χ0v) is 21.3. The highest BCUT2D eigenvalue weighted by Crippen LogP contribution is 2.27. The Bertz CT molecular complexity index is 1470. The molecule has 3 aromatic rings. The van der Waals surface area contributed by atoms with Gasteiger partial charge in [-0.25, -0.2) is 9.69 Å². The summed E-state index contributed by atoms with van der Waals surface area (Å²) in [6.45, 7) is 3.42. The van der Waals surface area contributed by atoms with E-state index >= 15 is 0 Å². The van der Waals surface area contributed by atoms with Crippen molar-refractivity contribution in [3.05, 3.63) is 93.0 Å². The Kier molecular flexibility index (Phi) is 7.61. The second-order valence-electron chi connectivity index (χ2n) is 8.23. The van der Waals surface area contributed by atoms with Gasteiger partial charge in [0.15, 0.2) is 6.61 Å². The minimum Gasteiger partial charge on any atom is -0.483 e. The van der Waals surface area contributed by atoms with Gasteiger partial charge in [0.25, 0.3) is 17.7 Å². The number of nitrogens with one attached hydrogen (secondary N) is 2. The monoisotopic (exact) mass is 537 g/mol. The highest BCUT2D eigenvalue weighted by atomic mass is 35.5. The summed E-state index contributed by atoms with van der Waals surface area (Å²) in [6.07, 6.45) is 1.32. The molecule has 188 valence electrons. The summed E-state index contributed by atoms with van der Waals surface area (Å²) in [4.78, 5) is 51.6. The molecule has 0 spiro atoms. The lowest BCUT2D eigenvalue weighted by Gasteiger charge is -2.27. The van der Waals surface area contributed by atoms with Crippen LogP contribution >= 0.6 is 23.2 Å². The van der Waals surface area contributed by atoms with Crippen molar-refractivity contribution in [2.75, 3.05) is 16.8 Å². The third-order valence-corrected chi connectivity index (χ3v) is 6.37. The van der Waals surface area contributed by atoms with Crippen LogP contribution in [0.4, 0.5) is 16.2 Å². The minimum atomic E-state index is -0.834. The lowest BCUT2D eigenvalue weighted by atomic mass is 10.0. The molecule has 0 atom stereocenters. The van der Waals surface area contributed by atoms with Gasteiger partial charge in [-0.05, 0) is 67.4 Å². The number of hydrogen-bond acceptors (Lipinski definition) is 5. The molecule has 1 heterocycles. The van der Waals surface area contributed by atoms with E-state index < -0.39 is 23.8 Å². The second kappa shape index (κ2) is 10.9. The topological polar surface area (TPSA) is 105 Å². The third-order valence-electron chi connectivity index (χ3n) is 5.63. The molecule has 1 fully saturated rings. The number of amides is 5. The van der Waals surface area contributed by atoms with Crippen molar-refractivity contribution < 1.29 is 23.9 Å². The zero-order valence-electron chi connectivity index (χ0n) is 19.8. The van der Waals surface area contributed by atoms with E-state index in [2.05, 4.69) is 10.6 Å². The van der Waals surface area contributed by atoms with Crippen molar-refractivity contribution >= 4 is 64.4 Å². The van der Waals surface area contributed by atoms with E-state index in [1.165, 1.54) is 12.1 Å². The average Bonchev–Trinajstić information content (AvgIpc) is 2.85. The van der Waals surface area contributed by atoms with Crippen LogP contribution in [0.1, 0.15) is 16.7 Å². The number of para-hydroxylation sites is 1. The number of hydrogen-bond donors (Lipinski definition) is 2. The van der Waals surface area contributed by atoms with Gasteiger partial charge in [-0.3, -0.25) is 19.7 Å². The molecule has 5 amide bonds. The quantitative estimate of drug-likeness (QED) is 0.328. The van der Waals surface area contributed by atoms with Crippen molar-refractivity contribution in [2.45, 2.75) is 13.8 Å². The Balaban J connectivity index is 1.55. The molecule has 3 aromatic carbocycles. The number of urea groups is 1. The number of carbonyl (C=O) groups is 4. The molecule has 1 aliphatic rings. The van der Waals surface area contributed by atoms with Crippen molar-refractivity contribution in [1.82, 2.24) is 5.32 Å². The molecule has 0 radical (unpaired) electrons. The Morgan fingerprint density at radius 2 is 1.73 bits per heavy atom. The summed E-state index contributed by atoms with van der Waals surface area (Å²) in [6, 6.07) is 15.5. The van der Waals surface area contributed by atoms with Crippen molar-refractivity contribution in [3.63, 3.8) is 0 Å². The first-order valence-corrected chi connectivity index (χ1v) is 11.8. The molecule has 10 heteroatoms. The molecular formula is C27H21Cl2N3O5. The summed E-state index contributed by atoms with van der Waals surface area (Å²) >= 11 is 11.9. The zero-order chi connectivity index (χ0) is 26.7. The summed E-state index contributed by atoms with van der Waals surface area (Å²) in [5.74, 6) is -1.81. The van der Waals surface area contributed by atoms with Gasteiger partial charge in [0.05, 0.1) is 15.7 Å². The van der Waals surface area contributed by atoms with Crippen LogP contribution in [0, 0.1) is 13.8 Å². The van der Waals surface area contributed by atoms with Crippen LogP contribution in [0.15, 0.2) is 66.2 Å². The largest absolute Gasteiger partial charge is 0.483 e. The predicted molar refractivity (Wildman–Crippen MR) is 142 cm³/mol. The van der Waals surface area contributed by atoms with Gasteiger partial charge < -0.3 is 10.1 Å². The molecule has 37 heavy (non-hydrogen) atoms. The van der Waals surface area contributed by atoms with Crippen LogP contribution in [0.5, 0.6) is 5.75 Å². The van der Waals surface area contributed by atoms with Crippen LogP contribution in [0.2, 0.25) is 10.0 Å². The first kappa shape index (κ1) is 25.9. The number of benzene rings is 3. The van der Waals surface area contributed by atoms with Gasteiger partial charge in [0.2, 0.25) is 0 Å². The molecule has 0 bridgehead atoms. The molecule has 0 saturated carbocycles. The van der Waals surface area contributed by atoms with E-state index in [-0.39, 0.29) is 17.9 Å². The van der Waals surface area contributed by atoms with Crippen molar-refractivity contribution in [3.8, 4) is 5.75 Å². The number of anilines is 2. The van der Waals surface area contributed by atoms with Gasteiger partial charge in [-0.15, -0.1) is 0 Å². The smallest absolute Gasteiger partial charge is 0.335 e. The molecule has 2 N–H and O–H groups in total. The van der Waals surface area contributed by atoms with E-state index in [0.29, 0.717) is 27.0 Å². The Morgan fingerprint density at radius 1 is 0.973 bits per heavy atom. The summed E-state index contributed by atoms with van der Waals surface area (Å²) in [5, 5.41) is 5.50. The maximum atomic E-state index is 13.2. The van der Waals surface area contributed by atoms with Crippen molar-refractivity contribution in [2.24, 2.45) is 0 Å². The highest BCUT2D eigenvalue weighted by Gasteiger charge is 2.37. The number of aryl methyl sites for hydroxylation is 2. The maximum absolute atomic E-state index is 13.2. The first-order valence-electron chi connectivity index (χ1n) is 11.1. The molecule has 4 rings (SSSR count). The lowest BCUT2D eigenvalue weighted by Crippen LogP contribution is -2.54. The predicted octanol–water partition coefficient (Wildman–Crippen LogP) is 5.29. The number of halogens is 2. The summed E-state index contributed by atoms with van der Waals surface area (Å²) < 4.78 is 5.66. The fraction of sp³-hybridized carbons (Fsp3) is 0.111. The van der Waals surface area contributed by atoms with Gasteiger partial charge in [0, 0.05) is 11.3 Å². The van der Waals surface area contributed by atoms with E-state index in [1.807, 2.05) is 13.8 Å². The van der Waals surface area contributed by atoms with Gasteiger partial charge in [0.1, 0.15) is 11.3 Å². The van der Waals surface area contributed by atoms with Crippen molar-refractivity contribution in [1.29, 1.82) is 0 Å². The molecule has 8 nitrogen and oxygen atoms in total. The number of imide groups is 2. The Hall–Kier alpha value is -4.14. The molecule has 1 aliphatic heterocycles. The Labute approximate surface area is 222 Å². The lowest BCUT2D eigenvalue weighted by molar-refractivity contribution is -0.122. The van der Waals surface area contributed by atoms with Gasteiger partial charge >= 0.3 is 6.03 Å². The minimum absolute atomic E-state index is 0.255. The average molecular weight is 538 g/mol. The van der Waals surface area contributed by atoms with Crippen LogP contribution < -0.4 is 20.3 Å². The standard InChI is InChI=1S/C27H21Cl2N3O5/c1-15-7-9-19(11-16(15)2)32-26(35)20(25(34)31-27(32)36)12-17-5-3-4-6-23(17)37-14-24(33)30-18-8-10-21(28)22(29)13-18/h3-13H,14H2,1-2H3,(H,30,33)(H,31,34,36)/b20-12-. The summed E-state index contributed by atoms with van der Waals surface area (Å²) in [5.41, 5.74) is 2.78. The Morgan fingerprint density at radius 3 is 2.46 bits per heavy atom. The molecule has 0 unspecified atom stereocenters. The SMILES string of the molecule is Cc1ccc(N2C(=O)NC(=O)/C(=C/c3ccccc3OCC(=O)Nc3ccc(Cl)c(Cl)c3)C2=O)cc1C. The van der Waals surface area contributed by atoms with Gasteiger partial charge in [-0.2, -0.15) is 0 Å². The number of ether oxygens (including phenoxy) is 1. The fourth-order valence-corrected chi connectivity index (χ4v) is 3.86. The molecular weight excluding hydrogens is 517 g/mol. The van der Waals surface area contributed by atoms with E-state index in [0.717, 1.165) is 16.0 Å². The molecule has 1 saturated heterocycles. The van der Waals surface area contributed by atoms with Crippen LogP contribution in [0.3, 0.4) is 0 Å². The maximum Gasteiger partial charge on any atom is 0.335 e. The molecule has 0 aliphatic carbocycles. The number of nitrogens with zero attached hydrogens (tertiary/aromatic N) is 1. The number of rotatable bonds is 6. The van der Waals surface area contributed by atoms with E-state index in [4.69, 9.17) is 27.9 Å². The molecule has 0 aromatic heterocycles. The van der Waals surface area contributed by atoms with E-state index in [1.54, 1.807) is 54.6 Å². The number of barbiturate groups is 1. The highest BCUT2D eigenvalue weighted by molar-refractivity contribution is 6.42. The van der Waals surface area contributed by atoms with Crippen LogP contribution in [-0.2, 0) is 14.4 Å². The first-order chi connectivity index (χ1) is 17.6. The summed E-state index contributed by atoms with van der Waals surface area (Å²) in [7, 11) is 0. The fourth-order valence-electron chi connectivity index (χ4n) is 3.56. The van der Waals surface area contributed by atoms with Gasteiger partial charge in [-0.1, -0.05) is 47.5 Å².